The van der Waals surface area contributed by atoms with E-state index in [1.807, 2.05) is 37.4 Å². The van der Waals surface area contributed by atoms with E-state index in [4.69, 9.17) is 9.97 Å². The van der Waals surface area contributed by atoms with Crippen molar-refractivity contribution in [1.29, 1.82) is 0 Å². The van der Waals surface area contributed by atoms with E-state index < -0.39 is 0 Å². The molecule has 0 aliphatic heterocycles. The summed E-state index contributed by atoms with van der Waals surface area (Å²) in [6, 6.07) is 14.0. The molecule has 0 bridgehead atoms. The van der Waals surface area contributed by atoms with Gasteiger partial charge in [-0.1, -0.05) is 36.8 Å². The molecule has 6 aromatic rings. The van der Waals surface area contributed by atoms with Crippen LogP contribution in [0.3, 0.4) is 0 Å². The molecule has 0 fully saturated rings. The van der Waals surface area contributed by atoms with Gasteiger partial charge in [-0.15, -0.1) is 0 Å². The van der Waals surface area contributed by atoms with Gasteiger partial charge < -0.3 is 10.3 Å². The van der Waals surface area contributed by atoms with Gasteiger partial charge in [0, 0.05) is 29.9 Å². The minimum absolute atomic E-state index is 0.0357. The largest absolute Gasteiger partial charge is 0.335 e. The van der Waals surface area contributed by atoms with Gasteiger partial charge in [-0.05, 0) is 37.1 Å². The van der Waals surface area contributed by atoms with Gasteiger partial charge in [-0.25, -0.2) is 9.97 Å². The molecule has 0 aliphatic rings. The van der Waals surface area contributed by atoms with E-state index in [2.05, 4.69) is 55.6 Å². The Hall–Kier alpha value is -4.92. The van der Waals surface area contributed by atoms with Gasteiger partial charge in [0.25, 0.3) is 0 Å². The van der Waals surface area contributed by atoms with E-state index in [1.54, 1.807) is 18.6 Å². The number of carbonyl (C=O) groups is 1. The quantitative estimate of drug-likeness (QED) is 0.277. The number of aromatic nitrogens is 7. The maximum absolute atomic E-state index is 12.0. The molecule has 0 radical (unpaired) electrons. The molecule has 1 aromatic carbocycles. The Morgan fingerprint density at radius 2 is 1.81 bits per heavy atom. The predicted octanol–water partition coefficient (Wildman–Crippen LogP) is 5.67. The van der Waals surface area contributed by atoms with Crippen LogP contribution >= 0.6 is 0 Å². The number of anilines is 1. The van der Waals surface area contributed by atoms with Crippen molar-refractivity contribution >= 4 is 33.7 Å². The summed E-state index contributed by atoms with van der Waals surface area (Å²) in [5, 5.41) is 10.5. The lowest BCUT2D eigenvalue weighted by molar-refractivity contribution is -0.116. The second-order valence-corrected chi connectivity index (χ2v) is 8.96. The van der Waals surface area contributed by atoms with Crippen molar-refractivity contribution in [3.8, 4) is 33.9 Å². The standard InChI is InChI=1S/C28H24N8O/c1-3-5-24(37)31-19-11-18(12-29-13-19)21-8-9-22-26(32-21)27(36-35-22)28-33-23-15-30-14-20(25(23)34-28)17-7-4-6-16(2)10-17/h4,6-15H,3,5H2,1-2H3,(H,31,37)(H,33,34)(H,35,36). The zero-order valence-corrected chi connectivity index (χ0v) is 20.4. The van der Waals surface area contributed by atoms with Crippen molar-refractivity contribution < 1.29 is 4.79 Å². The summed E-state index contributed by atoms with van der Waals surface area (Å²) in [7, 11) is 0. The van der Waals surface area contributed by atoms with E-state index in [0.717, 1.165) is 39.7 Å². The van der Waals surface area contributed by atoms with Gasteiger partial charge in [0.1, 0.15) is 5.52 Å². The number of hydrogen-bond acceptors (Lipinski definition) is 6. The first kappa shape index (κ1) is 22.5. The highest BCUT2D eigenvalue weighted by Crippen LogP contribution is 2.31. The number of benzene rings is 1. The van der Waals surface area contributed by atoms with Crippen LogP contribution in [0.4, 0.5) is 5.69 Å². The molecule has 1 amide bonds. The summed E-state index contributed by atoms with van der Waals surface area (Å²) in [5.41, 5.74) is 9.05. The molecule has 0 unspecified atom stereocenters. The maximum Gasteiger partial charge on any atom is 0.224 e. The van der Waals surface area contributed by atoms with Gasteiger partial charge in [0.2, 0.25) is 5.91 Å². The number of fused-ring (bicyclic) bond motifs is 2. The fraction of sp³-hybridized carbons (Fsp3) is 0.143. The third kappa shape index (κ3) is 4.31. The van der Waals surface area contributed by atoms with Gasteiger partial charge in [0.05, 0.1) is 40.3 Å². The molecular formula is C28H24N8O. The molecule has 0 spiro atoms. The van der Waals surface area contributed by atoms with Crippen LogP contribution in [0, 0.1) is 6.92 Å². The van der Waals surface area contributed by atoms with E-state index >= 15 is 0 Å². The molecular weight excluding hydrogens is 464 g/mol. The van der Waals surface area contributed by atoms with E-state index in [9.17, 15) is 4.79 Å². The molecule has 0 aliphatic carbocycles. The molecule has 9 nitrogen and oxygen atoms in total. The highest BCUT2D eigenvalue weighted by Gasteiger charge is 2.17. The second kappa shape index (κ2) is 9.27. The van der Waals surface area contributed by atoms with Crippen molar-refractivity contribution in [2.24, 2.45) is 0 Å². The van der Waals surface area contributed by atoms with Gasteiger partial charge in [0.15, 0.2) is 11.5 Å². The molecule has 0 saturated carbocycles. The second-order valence-electron chi connectivity index (χ2n) is 8.96. The Labute approximate surface area is 212 Å². The molecule has 3 N–H and O–H groups in total. The van der Waals surface area contributed by atoms with E-state index in [1.165, 1.54) is 5.56 Å². The normalized spacial score (nSPS) is 11.3. The van der Waals surface area contributed by atoms with Crippen LogP contribution in [0.25, 0.3) is 56.0 Å². The summed E-state index contributed by atoms with van der Waals surface area (Å²) >= 11 is 0. The summed E-state index contributed by atoms with van der Waals surface area (Å²) in [6.45, 7) is 4.04. The summed E-state index contributed by atoms with van der Waals surface area (Å²) in [4.78, 5) is 33.9. The van der Waals surface area contributed by atoms with Crippen molar-refractivity contribution in [3.05, 3.63) is 72.8 Å². The number of rotatable bonds is 6. The van der Waals surface area contributed by atoms with Gasteiger partial charge in [-0.2, -0.15) is 5.10 Å². The topological polar surface area (TPSA) is 125 Å². The summed E-state index contributed by atoms with van der Waals surface area (Å²) < 4.78 is 0. The van der Waals surface area contributed by atoms with Crippen molar-refractivity contribution in [1.82, 2.24) is 35.1 Å². The third-order valence-electron chi connectivity index (χ3n) is 6.15. The molecule has 6 rings (SSSR count). The van der Waals surface area contributed by atoms with Crippen molar-refractivity contribution in [2.45, 2.75) is 26.7 Å². The molecule has 9 heteroatoms. The number of imidazole rings is 1. The lowest BCUT2D eigenvalue weighted by Gasteiger charge is -2.06. The number of pyridine rings is 3. The monoisotopic (exact) mass is 488 g/mol. The first-order chi connectivity index (χ1) is 18.1. The zero-order valence-electron chi connectivity index (χ0n) is 20.4. The Morgan fingerprint density at radius 3 is 2.68 bits per heavy atom. The first-order valence-corrected chi connectivity index (χ1v) is 12.1. The van der Waals surface area contributed by atoms with Crippen LogP contribution in [-0.4, -0.2) is 41.0 Å². The fourth-order valence-corrected chi connectivity index (χ4v) is 4.39. The number of carbonyl (C=O) groups excluding carboxylic acids is 1. The van der Waals surface area contributed by atoms with Crippen LogP contribution in [0.1, 0.15) is 25.3 Å². The SMILES string of the molecule is CCCC(=O)Nc1cncc(-c2ccc3[nH]nc(-c4nc5c(-c6cccc(C)c6)cncc5[nH]4)c3n2)c1. The average molecular weight is 489 g/mol. The van der Waals surface area contributed by atoms with E-state index in [-0.39, 0.29) is 5.91 Å². The minimum atomic E-state index is -0.0357. The fourth-order valence-electron chi connectivity index (χ4n) is 4.39. The maximum atomic E-state index is 12.0. The number of amides is 1. The summed E-state index contributed by atoms with van der Waals surface area (Å²) in [6.07, 6.45) is 8.20. The minimum Gasteiger partial charge on any atom is -0.335 e. The number of aromatic amines is 2. The molecule has 182 valence electrons. The van der Waals surface area contributed by atoms with Crippen LogP contribution in [0.2, 0.25) is 0 Å². The lowest BCUT2D eigenvalue weighted by atomic mass is 10.0. The van der Waals surface area contributed by atoms with Crippen LogP contribution in [-0.2, 0) is 4.79 Å². The highest BCUT2D eigenvalue weighted by molar-refractivity contribution is 5.96. The van der Waals surface area contributed by atoms with Crippen LogP contribution < -0.4 is 5.32 Å². The number of nitrogens with zero attached hydrogens (tertiary/aromatic N) is 5. The lowest BCUT2D eigenvalue weighted by Crippen LogP contribution is -2.10. The van der Waals surface area contributed by atoms with Crippen LogP contribution in [0.15, 0.2) is 67.3 Å². The molecule has 5 aromatic heterocycles. The zero-order chi connectivity index (χ0) is 25.4. The third-order valence-corrected chi connectivity index (χ3v) is 6.15. The van der Waals surface area contributed by atoms with Crippen LogP contribution in [0.5, 0.6) is 0 Å². The number of nitrogens with one attached hydrogen (secondary N) is 3. The smallest absolute Gasteiger partial charge is 0.224 e. The van der Waals surface area contributed by atoms with Crippen molar-refractivity contribution in [3.63, 3.8) is 0 Å². The highest BCUT2D eigenvalue weighted by atomic mass is 16.1. The Morgan fingerprint density at radius 1 is 0.919 bits per heavy atom. The summed E-state index contributed by atoms with van der Waals surface area (Å²) in [5.74, 6) is 0.567. The average Bonchev–Trinajstić information content (AvgIpc) is 3.52. The number of hydrogen-bond donors (Lipinski definition) is 3. The van der Waals surface area contributed by atoms with Gasteiger partial charge in [-0.3, -0.25) is 19.9 Å². The predicted molar refractivity (Wildman–Crippen MR) is 144 cm³/mol. The Balaban J connectivity index is 1.40. The van der Waals surface area contributed by atoms with Gasteiger partial charge >= 0.3 is 0 Å². The number of H-pyrrole nitrogens is 2. The molecule has 37 heavy (non-hydrogen) atoms. The van der Waals surface area contributed by atoms with E-state index in [0.29, 0.717) is 34.8 Å². The van der Waals surface area contributed by atoms with Crippen molar-refractivity contribution in [2.75, 3.05) is 5.32 Å². The Bertz CT molecular complexity index is 1770. The molecule has 0 atom stereocenters. The molecule has 0 saturated heterocycles. The number of aryl methyl sites for hydroxylation is 1. The molecule has 5 heterocycles. The Kier molecular flexibility index (Phi) is 5.65. The first-order valence-electron chi connectivity index (χ1n) is 12.1.